The summed E-state index contributed by atoms with van der Waals surface area (Å²) in [4.78, 5) is 0. The highest BCUT2D eigenvalue weighted by molar-refractivity contribution is 5.19. The summed E-state index contributed by atoms with van der Waals surface area (Å²) in [5.41, 5.74) is 3.28. The lowest BCUT2D eigenvalue weighted by atomic mass is 9.94. The number of nitrogens with two attached hydrogens (primary N) is 1. The quantitative estimate of drug-likeness (QED) is 0.626. The summed E-state index contributed by atoms with van der Waals surface area (Å²) in [5.74, 6) is 5.20. The first-order chi connectivity index (χ1) is 8.69. The van der Waals surface area contributed by atoms with Crippen molar-refractivity contribution in [2.45, 2.75) is 44.6 Å². The summed E-state index contributed by atoms with van der Waals surface area (Å²) in [6.07, 6.45) is 6.53. The number of hydrogen-bond donors (Lipinski definition) is 2. The Morgan fingerprint density at radius 3 is 2.61 bits per heavy atom. The molecule has 0 spiro atoms. The highest BCUT2D eigenvalue weighted by Crippen LogP contribution is 2.29. The van der Waals surface area contributed by atoms with Gasteiger partial charge in [-0.05, 0) is 30.4 Å². The molecule has 2 rings (SSSR count). The number of rotatable bonds is 5. The molecule has 0 heterocycles. The van der Waals surface area contributed by atoms with Crippen molar-refractivity contribution in [3.8, 4) is 0 Å². The maximum absolute atomic E-state index is 13.6. The van der Waals surface area contributed by atoms with Crippen LogP contribution in [0.15, 0.2) is 18.2 Å². The summed E-state index contributed by atoms with van der Waals surface area (Å²) in [6.45, 7) is 0. The Morgan fingerprint density at radius 2 is 2.00 bits per heavy atom. The molecule has 0 aromatic heterocycles. The van der Waals surface area contributed by atoms with E-state index in [-0.39, 0.29) is 6.04 Å². The number of halogens is 2. The first-order valence-corrected chi connectivity index (χ1v) is 6.59. The minimum Gasteiger partial charge on any atom is -0.271 e. The third-order valence-electron chi connectivity index (χ3n) is 3.81. The molecule has 18 heavy (non-hydrogen) atoms. The lowest BCUT2D eigenvalue weighted by Gasteiger charge is -2.20. The van der Waals surface area contributed by atoms with Crippen LogP contribution in [0.5, 0.6) is 0 Å². The van der Waals surface area contributed by atoms with Crippen LogP contribution in [0, 0.1) is 17.6 Å². The lowest BCUT2D eigenvalue weighted by molar-refractivity contribution is 0.385. The zero-order valence-electron chi connectivity index (χ0n) is 10.5. The van der Waals surface area contributed by atoms with Gasteiger partial charge in [0.05, 0.1) is 0 Å². The second-order valence-electron chi connectivity index (χ2n) is 5.19. The van der Waals surface area contributed by atoms with Crippen molar-refractivity contribution < 1.29 is 8.78 Å². The molecule has 100 valence electrons. The van der Waals surface area contributed by atoms with Gasteiger partial charge in [0.1, 0.15) is 11.6 Å². The third kappa shape index (κ3) is 3.50. The molecule has 1 aliphatic carbocycles. The van der Waals surface area contributed by atoms with E-state index in [2.05, 4.69) is 5.43 Å². The number of nitrogens with one attached hydrogen (secondary N) is 1. The molecular weight excluding hydrogens is 234 g/mol. The van der Waals surface area contributed by atoms with Crippen LogP contribution in [0.25, 0.3) is 0 Å². The molecule has 0 saturated heterocycles. The summed E-state index contributed by atoms with van der Waals surface area (Å²) in [7, 11) is 0. The Morgan fingerprint density at radius 1 is 1.28 bits per heavy atom. The fourth-order valence-electron chi connectivity index (χ4n) is 2.81. The van der Waals surface area contributed by atoms with Crippen LogP contribution in [-0.4, -0.2) is 6.04 Å². The SMILES string of the molecule is NNC(Cc1ccc(F)cc1F)CC1CCCC1. The maximum Gasteiger partial charge on any atom is 0.129 e. The highest BCUT2D eigenvalue weighted by Gasteiger charge is 2.20. The van der Waals surface area contributed by atoms with Crippen molar-refractivity contribution in [3.63, 3.8) is 0 Å². The fourth-order valence-corrected chi connectivity index (χ4v) is 2.81. The van der Waals surface area contributed by atoms with Crippen LogP contribution in [0.4, 0.5) is 8.78 Å². The van der Waals surface area contributed by atoms with Gasteiger partial charge in [0.25, 0.3) is 0 Å². The Bertz CT molecular complexity index is 389. The molecular formula is C14H20F2N2. The summed E-state index contributed by atoms with van der Waals surface area (Å²) >= 11 is 0. The van der Waals surface area contributed by atoms with Crippen molar-refractivity contribution >= 4 is 0 Å². The first-order valence-electron chi connectivity index (χ1n) is 6.59. The molecule has 1 aromatic carbocycles. The topological polar surface area (TPSA) is 38.0 Å². The molecule has 0 bridgehead atoms. The van der Waals surface area contributed by atoms with Crippen LogP contribution in [0.1, 0.15) is 37.7 Å². The van der Waals surface area contributed by atoms with Gasteiger partial charge in [-0.1, -0.05) is 31.7 Å². The van der Waals surface area contributed by atoms with Gasteiger partial charge >= 0.3 is 0 Å². The maximum atomic E-state index is 13.6. The van der Waals surface area contributed by atoms with Gasteiger partial charge in [-0.25, -0.2) is 8.78 Å². The predicted octanol–water partition coefficient (Wildman–Crippen LogP) is 2.92. The van der Waals surface area contributed by atoms with Gasteiger partial charge in [-0.15, -0.1) is 0 Å². The first kappa shape index (κ1) is 13.4. The highest BCUT2D eigenvalue weighted by atomic mass is 19.1. The minimum absolute atomic E-state index is 0.0630. The Kier molecular flexibility index (Phi) is 4.66. The summed E-state index contributed by atoms with van der Waals surface area (Å²) in [6, 6.07) is 3.79. The largest absolute Gasteiger partial charge is 0.271 e. The molecule has 1 aliphatic rings. The Balaban J connectivity index is 1.96. The average Bonchev–Trinajstić information content (AvgIpc) is 2.84. The van der Waals surface area contributed by atoms with E-state index in [0.29, 0.717) is 17.9 Å². The molecule has 2 nitrogen and oxygen atoms in total. The van der Waals surface area contributed by atoms with Crippen LogP contribution >= 0.6 is 0 Å². The van der Waals surface area contributed by atoms with Crippen LogP contribution < -0.4 is 11.3 Å². The summed E-state index contributed by atoms with van der Waals surface area (Å²) < 4.78 is 26.4. The van der Waals surface area contributed by atoms with Gasteiger partial charge in [0, 0.05) is 12.1 Å². The van der Waals surface area contributed by atoms with E-state index in [1.165, 1.54) is 37.8 Å². The van der Waals surface area contributed by atoms with Crippen LogP contribution in [-0.2, 0) is 6.42 Å². The van der Waals surface area contributed by atoms with Crippen molar-refractivity contribution in [3.05, 3.63) is 35.4 Å². The van der Waals surface area contributed by atoms with E-state index in [4.69, 9.17) is 5.84 Å². The van der Waals surface area contributed by atoms with Crippen molar-refractivity contribution in [2.24, 2.45) is 11.8 Å². The number of hydrazine groups is 1. The van der Waals surface area contributed by atoms with Crippen molar-refractivity contribution in [2.75, 3.05) is 0 Å². The molecule has 4 heteroatoms. The number of benzene rings is 1. The Hall–Kier alpha value is -1.00. The van der Waals surface area contributed by atoms with Crippen LogP contribution in [0.3, 0.4) is 0 Å². The Labute approximate surface area is 107 Å². The average molecular weight is 254 g/mol. The van der Waals surface area contributed by atoms with E-state index in [1.54, 1.807) is 0 Å². The fraction of sp³-hybridized carbons (Fsp3) is 0.571. The standard InChI is InChI=1S/C14H20F2N2/c15-12-6-5-11(14(16)9-12)8-13(18-17)7-10-3-1-2-4-10/h5-6,9-10,13,18H,1-4,7-8,17H2. The van der Waals surface area contributed by atoms with E-state index < -0.39 is 11.6 Å². The molecule has 0 radical (unpaired) electrons. The normalized spacial score (nSPS) is 18.2. The summed E-state index contributed by atoms with van der Waals surface area (Å²) in [5, 5.41) is 0. The van der Waals surface area contributed by atoms with Gasteiger partial charge in [-0.3, -0.25) is 11.3 Å². The smallest absolute Gasteiger partial charge is 0.129 e. The van der Waals surface area contributed by atoms with E-state index >= 15 is 0 Å². The van der Waals surface area contributed by atoms with Gasteiger partial charge < -0.3 is 0 Å². The zero-order valence-corrected chi connectivity index (χ0v) is 10.5. The monoisotopic (exact) mass is 254 g/mol. The number of hydrogen-bond acceptors (Lipinski definition) is 2. The van der Waals surface area contributed by atoms with Crippen molar-refractivity contribution in [1.82, 2.24) is 5.43 Å². The lowest BCUT2D eigenvalue weighted by Crippen LogP contribution is -2.38. The molecule has 1 fully saturated rings. The van der Waals surface area contributed by atoms with Gasteiger partial charge in [0.2, 0.25) is 0 Å². The molecule has 1 aromatic rings. The second kappa shape index (κ2) is 6.25. The van der Waals surface area contributed by atoms with E-state index in [0.717, 1.165) is 12.5 Å². The minimum atomic E-state index is -0.538. The van der Waals surface area contributed by atoms with Gasteiger partial charge in [0.15, 0.2) is 0 Å². The van der Waals surface area contributed by atoms with E-state index in [1.807, 2.05) is 0 Å². The van der Waals surface area contributed by atoms with Crippen LogP contribution in [0.2, 0.25) is 0 Å². The third-order valence-corrected chi connectivity index (χ3v) is 3.81. The van der Waals surface area contributed by atoms with Gasteiger partial charge in [-0.2, -0.15) is 0 Å². The van der Waals surface area contributed by atoms with Crippen molar-refractivity contribution in [1.29, 1.82) is 0 Å². The molecule has 1 unspecified atom stereocenters. The zero-order chi connectivity index (χ0) is 13.0. The molecule has 0 amide bonds. The van der Waals surface area contributed by atoms with E-state index in [9.17, 15) is 8.78 Å². The molecule has 1 atom stereocenters. The molecule has 0 aliphatic heterocycles. The predicted molar refractivity (Wildman–Crippen MR) is 67.7 cm³/mol. The molecule has 1 saturated carbocycles. The molecule has 3 N–H and O–H groups in total. The second-order valence-corrected chi connectivity index (χ2v) is 5.19.